The van der Waals surface area contributed by atoms with Crippen molar-refractivity contribution in [1.29, 1.82) is 0 Å². The number of urea groups is 1. The monoisotopic (exact) mass is 388 g/mol. The summed E-state index contributed by atoms with van der Waals surface area (Å²) in [7, 11) is 1.71. The molecule has 0 radical (unpaired) electrons. The van der Waals surface area contributed by atoms with E-state index >= 15 is 0 Å². The van der Waals surface area contributed by atoms with Crippen LogP contribution in [0.15, 0.2) is 42.5 Å². The van der Waals surface area contributed by atoms with Crippen molar-refractivity contribution in [3.05, 3.63) is 53.6 Å². The van der Waals surface area contributed by atoms with Gasteiger partial charge in [-0.05, 0) is 68.1 Å². The van der Waals surface area contributed by atoms with Crippen molar-refractivity contribution in [2.45, 2.75) is 25.7 Å². The average molecular weight is 389 g/mol. The Balaban J connectivity index is 0.00000261. The molecule has 0 saturated heterocycles. The molecule has 0 heterocycles. The number of likely N-dealkylation sites (N-methyl/N-ethyl adjacent to an activating group) is 1. The number of aryl methyl sites for hydroxylation is 1. The summed E-state index contributed by atoms with van der Waals surface area (Å²) in [5.74, 6) is -0.134. The standard InChI is InChI=1S/C20H24N4O2.ClH/c1-21-13-19(25)22-15-8-5-9-16(12-15)23-20(26)24-18-11-4-7-14-6-2-3-10-17(14)18;/h4-5,7-9,11-12,21H,2-3,6,10,13H2,1H3,(H,22,25)(H2,23,24,26);1H. The average Bonchev–Trinajstić information content (AvgIpc) is 2.62. The molecule has 0 bridgehead atoms. The molecular weight excluding hydrogens is 364 g/mol. The van der Waals surface area contributed by atoms with Gasteiger partial charge in [-0.1, -0.05) is 18.2 Å². The first-order valence-corrected chi connectivity index (χ1v) is 8.89. The van der Waals surface area contributed by atoms with Gasteiger partial charge in [0.1, 0.15) is 0 Å². The van der Waals surface area contributed by atoms with E-state index in [9.17, 15) is 9.59 Å². The van der Waals surface area contributed by atoms with E-state index in [1.165, 1.54) is 17.5 Å². The predicted molar refractivity (Wildman–Crippen MR) is 112 cm³/mol. The number of benzene rings is 2. The Morgan fingerprint density at radius 3 is 2.41 bits per heavy atom. The van der Waals surface area contributed by atoms with Crippen molar-refractivity contribution < 1.29 is 9.59 Å². The largest absolute Gasteiger partial charge is 0.325 e. The number of nitrogens with one attached hydrogen (secondary N) is 4. The van der Waals surface area contributed by atoms with Crippen molar-refractivity contribution in [2.75, 3.05) is 29.5 Å². The second-order valence-electron chi connectivity index (χ2n) is 6.39. The van der Waals surface area contributed by atoms with Gasteiger partial charge < -0.3 is 21.3 Å². The molecule has 3 amide bonds. The molecule has 2 aromatic carbocycles. The van der Waals surface area contributed by atoms with Gasteiger partial charge in [0.05, 0.1) is 6.54 Å². The number of hydrogen-bond acceptors (Lipinski definition) is 3. The third-order valence-corrected chi connectivity index (χ3v) is 4.39. The number of carbonyl (C=O) groups is 2. The van der Waals surface area contributed by atoms with E-state index in [4.69, 9.17) is 0 Å². The van der Waals surface area contributed by atoms with E-state index in [1.54, 1.807) is 31.3 Å². The normalized spacial score (nSPS) is 12.3. The third kappa shape index (κ3) is 5.70. The Bertz CT molecular complexity index is 810. The molecule has 144 valence electrons. The SMILES string of the molecule is CNCC(=O)Nc1cccc(NC(=O)Nc2cccc3c2CCCC3)c1.Cl. The topological polar surface area (TPSA) is 82.3 Å². The lowest BCUT2D eigenvalue weighted by atomic mass is 9.90. The van der Waals surface area contributed by atoms with Gasteiger partial charge in [0.2, 0.25) is 5.91 Å². The van der Waals surface area contributed by atoms with Crippen LogP contribution in [0.3, 0.4) is 0 Å². The highest BCUT2D eigenvalue weighted by molar-refractivity contribution is 6.01. The highest BCUT2D eigenvalue weighted by Gasteiger charge is 2.14. The van der Waals surface area contributed by atoms with Crippen LogP contribution in [0.4, 0.5) is 21.9 Å². The van der Waals surface area contributed by atoms with Gasteiger partial charge in [0, 0.05) is 17.1 Å². The predicted octanol–water partition coefficient (Wildman–Crippen LogP) is 3.79. The highest BCUT2D eigenvalue weighted by Crippen LogP contribution is 2.28. The number of fused-ring (bicyclic) bond motifs is 1. The second-order valence-corrected chi connectivity index (χ2v) is 6.39. The van der Waals surface area contributed by atoms with Crippen LogP contribution in [0.25, 0.3) is 0 Å². The van der Waals surface area contributed by atoms with Crippen molar-refractivity contribution in [3.8, 4) is 0 Å². The molecule has 2 aromatic rings. The molecule has 27 heavy (non-hydrogen) atoms. The summed E-state index contributed by atoms with van der Waals surface area (Å²) in [6.07, 6.45) is 4.43. The van der Waals surface area contributed by atoms with Crippen LogP contribution in [0, 0.1) is 0 Å². The van der Waals surface area contributed by atoms with Crippen LogP contribution in [-0.2, 0) is 17.6 Å². The number of hydrogen-bond donors (Lipinski definition) is 4. The molecule has 0 aliphatic heterocycles. The van der Waals surface area contributed by atoms with Gasteiger partial charge in [-0.2, -0.15) is 0 Å². The molecule has 0 aromatic heterocycles. The van der Waals surface area contributed by atoms with Crippen LogP contribution >= 0.6 is 12.4 Å². The first-order valence-electron chi connectivity index (χ1n) is 8.89. The number of carbonyl (C=O) groups excluding carboxylic acids is 2. The lowest BCUT2D eigenvalue weighted by Gasteiger charge is -2.19. The van der Waals surface area contributed by atoms with Crippen molar-refractivity contribution in [3.63, 3.8) is 0 Å². The van der Waals surface area contributed by atoms with Crippen molar-refractivity contribution in [2.24, 2.45) is 0 Å². The summed E-state index contributed by atoms with van der Waals surface area (Å²) in [5, 5.41) is 11.3. The van der Waals surface area contributed by atoms with Gasteiger partial charge in [-0.15, -0.1) is 12.4 Å². The molecular formula is C20H25ClN4O2. The van der Waals surface area contributed by atoms with Gasteiger partial charge in [0.25, 0.3) is 0 Å². The van der Waals surface area contributed by atoms with E-state index in [0.717, 1.165) is 24.9 Å². The molecule has 3 rings (SSSR count). The smallest absolute Gasteiger partial charge is 0.323 e. The van der Waals surface area contributed by atoms with E-state index in [-0.39, 0.29) is 30.9 Å². The molecule has 6 nitrogen and oxygen atoms in total. The molecule has 7 heteroatoms. The Hall–Kier alpha value is -2.57. The van der Waals surface area contributed by atoms with E-state index < -0.39 is 0 Å². The lowest BCUT2D eigenvalue weighted by molar-refractivity contribution is -0.115. The highest BCUT2D eigenvalue weighted by atomic mass is 35.5. The molecule has 0 unspecified atom stereocenters. The van der Waals surface area contributed by atoms with Crippen LogP contribution in [0.5, 0.6) is 0 Å². The Morgan fingerprint density at radius 2 is 1.63 bits per heavy atom. The summed E-state index contributed by atoms with van der Waals surface area (Å²) in [6.45, 7) is 0.233. The van der Waals surface area contributed by atoms with Crippen LogP contribution in [-0.4, -0.2) is 25.5 Å². The third-order valence-electron chi connectivity index (χ3n) is 4.39. The molecule has 1 aliphatic rings. The number of rotatable bonds is 5. The number of amides is 3. The Labute approximate surface area is 165 Å². The summed E-state index contributed by atoms with van der Waals surface area (Å²) in [4.78, 5) is 24.0. The van der Waals surface area contributed by atoms with Crippen molar-refractivity contribution in [1.82, 2.24) is 5.32 Å². The van der Waals surface area contributed by atoms with Gasteiger partial charge in [-0.3, -0.25) is 4.79 Å². The zero-order valence-corrected chi connectivity index (χ0v) is 16.1. The Morgan fingerprint density at radius 1 is 0.926 bits per heavy atom. The van der Waals surface area contributed by atoms with Crippen molar-refractivity contribution >= 4 is 41.4 Å². The fourth-order valence-corrected chi connectivity index (χ4v) is 3.22. The summed E-state index contributed by atoms with van der Waals surface area (Å²) in [6, 6.07) is 12.9. The Kier molecular flexibility index (Phi) is 7.64. The van der Waals surface area contributed by atoms with Crippen LogP contribution in [0.1, 0.15) is 24.0 Å². The quantitative estimate of drug-likeness (QED) is 0.629. The van der Waals surface area contributed by atoms with Crippen LogP contribution in [0.2, 0.25) is 0 Å². The zero-order valence-electron chi connectivity index (χ0n) is 15.3. The minimum absolute atomic E-state index is 0. The maximum atomic E-state index is 12.4. The van der Waals surface area contributed by atoms with E-state index in [1.807, 2.05) is 12.1 Å². The zero-order chi connectivity index (χ0) is 18.4. The summed E-state index contributed by atoms with van der Waals surface area (Å²) in [5.41, 5.74) is 4.69. The fourth-order valence-electron chi connectivity index (χ4n) is 3.22. The van der Waals surface area contributed by atoms with Crippen LogP contribution < -0.4 is 21.3 Å². The summed E-state index contributed by atoms with van der Waals surface area (Å²) < 4.78 is 0. The van der Waals surface area contributed by atoms with Gasteiger partial charge in [-0.25, -0.2) is 4.79 Å². The number of halogens is 1. The summed E-state index contributed by atoms with van der Waals surface area (Å²) >= 11 is 0. The second kappa shape index (κ2) is 9.94. The maximum absolute atomic E-state index is 12.4. The molecule has 1 aliphatic carbocycles. The molecule has 4 N–H and O–H groups in total. The maximum Gasteiger partial charge on any atom is 0.323 e. The molecule has 0 fully saturated rings. The van der Waals surface area contributed by atoms with E-state index in [2.05, 4.69) is 27.3 Å². The minimum Gasteiger partial charge on any atom is -0.325 e. The lowest BCUT2D eigenvalue weighted by Crippen LogP contribution is -2.25. The first-order chi connectivity index (χ1) is 12.7. The number of anilines is 3. The molecule has 0 spiro atoms. The van der Waals surface area contributed by atoms with Gasteiger partial charge in [0.15, 0.2) is 0 Å². The minimum atomic E-state index is -0.289. The van der Waals surface area contributed by atoms with E-state index in [0.29, 0.717) is 11.4 Å². The van der Waals surface area contributed by atoms with Gasteiger partial charge >= 0.3 is 6.03 Å². The fraction of sp³-hybridized carbons (Fsp3) is 0.300. The molecule has 0 saturated carbocycles. The first kappa shape index (κ1) is 20.7. The molecule has 0 atom stereocenters.